The van der Waals surface area contributed by atoms with Gasteiger partial charge in [0, 0.05) is 23.8 Å². The number of aryl methyl sites for hydroxylation is 2. The molecule has 2 aromatic heterocycles. The summed E-state index contributed by atoms with van der Waals surface area (Å²) in [6.45, 7) is 3.99. The molecule has 0 unspecified atom stereocenters. The van der Waals surface area contributed by atoms with Crippen LogP contribution in [0.3, 0.4) is 0 Å². The van der Waals surface area contributed by atoms with E-state index in [9.17, 15) is 4.79 Å². The summed E-state index contributed by atoms with van der Waals surface area (Å²) in [5.41, 5.74) is 4.65. The highest BCUT2D eigenvalue weighted by atomic mass is 79.9. The van der Waals surface area contributed by atoms with Crippen LogP contribution in [0.25, 0.3) is 0 Å². The molecule has 0 aliphatic carbocycles. The molecule has 1 amide bonds. The van der Waals surface area contributed by atoms with E-state index in [4.69, 9.17) is 0 Å². The van der Waals surface area contributed by atoms with Crippen LogP contribution in [0.1, 0.15) is 27.0 Å². The van der Waals surface area contributed by atoms with Gasteiger partial charge in [0.2, 0.25) is 0 Å². The molecule has 1 N–H and O–H groups in total. The highest BCUT2D eigenvalue weighted by Gasteiger charge is 2.14. The van der Waals surface area contributed by atoms with Crippen LogP contribution in [-0.4, -0.2) is 15.9 Å². The van der Waals surface area contributed by atoms with Crippen LogP contribution in [0, 0.1) is 13.8 Å². The van der Waals surface area contributed by atoms with Crippen molar-refractivity contribution >= 4 is 39.3 Å². The highest BCUT2D eigenvalue weighted by Crippen LogP contribution is 2.26. The summed E-state index contributed by atoms with van der Waals surface area (Å²) in [4.78, 5) is 21.3. The standard InChI is InChI=1S/C20H18BrN3OS/c1-13-5-6-14(2)17(10-13)24-19(25)16-4-3-8-23-20(16)26-12-15-7-9-22-18(21)11-15/h3-11H,12H2,1-2H3,(H,24,25). The number of halogens is 1. The number of aromatic nitrogens is 2. The van der Waals surface area contributed by atoms with Gasteiger partial charge in [-0.15, -0.1) is 11.8 Å². The maximum atomic E-state index is 12.8. The van der Waals surface area contributed by atoms with Gasteiger partial charge in [-0.3, -0.25) is 4.79 Å². The Morgan fingerprint density at radius 1 is 1.12 bits per heavy atom. The maximum Gasteiger partial charge on any atom is 0.258 e. The Labute approximate surface area is 165 Å². The Bertz CT molecular complexity index is 946. The highest BCUT2D eigenvalue weighted by molar-refractivity contribution is 9.10. The molecule has 3 aromatic rings. The zero-order valence-corrected chi connectivity index (χ0v) is 16.9. The van der Waals surface area contributed by atoms with Crippen molar-refractivity contribution in [2.75, 3.05) is 5.32 Å². The molecule has 0 bridgehead atoms. The zero-order chi connectivity index (χ0) is 18.5. The number of benzene rings is 1. The molecular formula is C20H18BrN3OS. The molecule has 0 aliphatic rings. The van der Waals surface area contributed by atoms with Gasteiger partial charge in [-0.25, -0.2) is 9.97 Å². The normalized spacial score (nSPS) is 10.6. The van der Waals surface area contributed by atoms with E-state index >= 15 is 0 Å². The lowest BCUT2D eigenvalue weighted by molar-refractivity contribution is 0.102. The van der Waals surface area contributed by atoms with Crippen LogP contribution in [-0.2, 0) is 5.75 Å². The van der Waals surface area contributed by atoms with Gasteiger partial charge in [0.15, 0.2) is 0 Å². The summed E-state index contributed by atoms with van der Waals surface area (Å²) in [5, 5.41) is 3.72. The molecule has 0 spiro atoms. The van der Waals surface area contributed by atoms with E-state index in [0.717, 1.165) is 27.0 Å². The Kier molecular flexibility index (Phi) is 6.06. The van der Waals surface area contributed by atoms with E-state index in [2.05, 4.69) is 31.2 Å². The Morgan fingerprint density at radius 3 is 2.77 bits per heavy atom. The van der Waals surface area contributed by atoms with Crippen LogP contribution >= 0.6 is 27.7 Å². The van der Waals surface area contributed by atoms with Crippen LogP contribution < -0.4 is 5.32 Å². The Morgan fingerprint density at radius 2 is 1.96 bits per heavy atom. The molecule has 26 heavy (non-hydrogen) atoms. The van der Waals surface area contributed by atoms with E-state index in [0.29, 0.717) is 16.3 Å². The number of amides is 1. The maximum absolute atomic E-state index is 12.8. The third-order valence-electron chi connectivity index (χ3n) is 3.82. The van der Waals surface area contributed by atoms with Crippen molar-refractivity contribution in [1.82, 2.24) is 9.97 Å². The third-order valence-corrected chi connectivity index (χ3v) is 5.33. The van der Waals surface area contributed by atoms with E-state index in [1.54, 1.807) is 24.5 Å². The molecule has 0 atom stereocenters. The lowest BCUT2D eigenvalue weighted by Gasteiger charge is -2.11. The first-order valence-corrected chi connectivity index (χ1v) is 9.87. The number of carbonyl (C=O) groups is 1. The number of nitrogens with one attached hydrogen (secondary N) is 1. The molecular weight excluding hydrogens is 410 g/mol. The zero-order valence-electron chi connectivity index (χ0n) is 14.5. The van der Waals surface area contributed by atoms with Gasteiger partial charge in [0.05, 0.1) is 5.56 Å². The van der Waals surface area contributed by atoms with Crippen LogP contribution in [0.2, 0.25) is 0 Å². The average Bonchev–Trinajstić information content (AvgIpc) is 2.63. The van der Waals surface area contributed by atoms with Crippen LogP contribution in [0.15, 0.2) is 64.5 Å². The molecule has 0 radical (unpaired) electrons. The number of nitrogens with zero attached hydrogens (tertiary/aromatic N) is 2. The van der Waals surface area contributed by atoms with Crippen molar-refractivity contribution in [1.29, 1.82) is 0 Å². The molecule has 0 saturated heterocycles. The minimum Gasteiger partial charge on any atom is -0.322 e. The predicted octanol–water partition coefficient (Wildman–Crippen LogP) is 5.40. The molecule has 0 fully saturated rings. The number of anilines is 1. The summed E-state index contributed by atoms with van der Waals surface area (Å²) in [6.07, 6.45) is 3.46. The number of hydrogen-bond donors (Lipinski definition) is 1. The lowest BCUT2D eigenvalue weighted by Crippen LogP contribution is -2.14. The first kappa shape index (κ1) is 18.6. The fourth-order valence-electron chi connectivity index (χ4n) is 2.42. The van der Waals surface area contributed by atoms with Gasteiger partial charge >= 0.3 is 0 Å². The minimum atomic E-state index is -0.148. The molecule has 1 aromatic carbocycles. The monoisotopic (exact) mass is 427 g/mol. The fraction of sp³-hybridized carbons (Fsp3) is 0.150. The predicted molar refractivity (Wildman–Crippen MR) is 110 cm³/mol. The largest absolute Gasteiger partial charge is 0.322 e. The minimum absolute atomic E-state index is 0.148. The van der Waals surface area contributed by atoms with Crippen LogP contribution in [0.5, 0.6) is 0 Å². The van der Waals surface area contributed by atoms with Crippen molar-refractivity contribution in [2.24, 2.45) is 0 Å². The van der Waals surface area contributed by atoms with Gasteiger partial charge in [-0.1, -0.05) is 12.1 Å². The summed E-state index contributed by atoms with van der Waals surface area (Å²) in [5.74, 6) is 0.562. The van der Waals surface area contributed by atoms with Crippen molar-refractivity contribution in [3.8, 4) is 0 Å². The number of carbonyl (C=O) groups excluding carboxylic acids is 1. The van der Waals surface area contributed by atoms with Crippen molar-refractivity contribution in [2.45, 2.75) is 24.6 Å². The molecule has 132 valence electrons. The number of rotatable bonds is 5. The quantitative estimate of drug-likeness (QED) is 0.437. The summed E-state index contributed by atoms with van der Waals surface area (Å²) in [6, 6.07) is 13.5. The fourth-order valence-corrected chi connectivity index (χ4v) is 3.77. The second-order valence-electron chi connectivity index (χ2n) is 5.90. The molecule has 0 saturated carbocycles. The smallest absolute Gasteiger partial charge is 0.258 e. The number of thioether (sulfide) groups is 1. The molecule has 0 aliphatic heterocycles. The lowest BCUT2D eigenvalue weighted by atomic mass is 10.1. The van der Waals surface area contributed by atoms with Gasteiger partial charge < -0.3 is 5.32 Å². The number of pyridine rings is 2. The Hall–Kier alpha value is -2.18. The van der Waals surface area contributed by atoms with Gasteiger partial charge in [0.25, 0.3) is 5.91 Å². The van der Waals surface area contributed by atoms with Crippen molar-refractivity contribution < 1.29 is 4.79 Å². The SMILES string of the molecule is Cc1ccc(C)c(NC(=O)c2cccnc2SCc2ccnc(Br)c2)c1. The summed E-state index contributed by atoms with van der Waals surface area (Å²) >= 11 is 4.91. The van der Waals surface area contributed by atoms with E-state index < -0.39 is 0 Å². The van der Waals surface area contributed by atoms with E-state index in [1.807, 2.05) is 44.2 Å². The Balaban J connectivity index is 1.77. The van der Waals surface area contributed by atoms with Crippen LogP contribution in [0.4, 0.5) is 5.69 Å². The van der Waals surface area contributed by atoms with E-state index in [1.165, 1.54) is 11.8 Å². The topological polar surface area (TPSA) is 54.9 Å². The second kappa shape index (κ2) is 8.47. The van der Waals surface area contributed by atoms with Gasteiger partial charge in [-0.05, 0) is 76.8 Å². The molecule has 3 rings (SSSR count). The average molecular weight is 428 g/mol. The van der Waals surface area contributed by atoms with Crippen molar-refractivity contribution in [3.63, 3.8) is 0 Å². The third kappa shape index (κ3) is 4.71. The molecule has 4 nitrogen and oxygen atoms in total. The summed E-state index contributed by atoms with van der Waals surface area (Å²) in [7, 11) is 0. The second-order valence-corrected chi connectivity index (χ2v) is 7.68. The van der Waals surface area contributed by atoms with Gasteiger partial charge in [-0.2, -0.15) is 0 Å². The summed E-state index contributed by atoms with van der Waals surface area (Å²) < 4.78 is 0.796. The van der Waals surface area contributed by atoms with E-state index in [-0.39, 0.29) is 5.91 Å². The van der Waals surface area contributed by atoms with Gasteiger partial charge in [0.1, 0.15) is 9.63 Å². The molecule has 6 heteroatoms. The first-order valence-electron chi connectivity index (χ1n) is 8.10. The number of hydrogen-bond acceptors (Lipinski definition) is 4. The van der Waals surface area contributed by atoms with Crippen molar-refractivity contribution in [3.05, 3.63) is 81.7 Å². The molecule has 2 heterocycles. The first-order chi connectivity index (χ1) is 12.5.